The molecular weight excluding hydrogens is 252 g/mol. The maximum atomic E-state index is 12.1. The molecule has 0 radical (unpaired) electrons. The molecule has 0 aliphatic carbocycles. The van der Waals surface area contributed by atoms with Crippen LogP contribution in [-0.4, -0.2) is 43.2 Å². The molecule has 1 N–H and O–H groups in total. The molecule has 1 aliphatic heterocycles. The van der Waals surface area contributed by atoms with Gasteiger partial charge in [0.15, 0.2) is 0 Å². The number of hydrogen-bond donors (Lipinski definition) is 1. The van der Waals surface area contributed by atoms with Gasteiger partial charge >= 0.3 is 5.97 Å². The fraction of sp³-hybridized carbons (Fsp3) is 0.562. The summed E-state index contributed by atoms with van der Waals surface area (Å²) in [6.45, 7) is 8.95. The molecule has 0 bridgehead atoms. The van der Waals surface area contributed by atoms with Crippen LogP contribution in [0.1, 0.15) is 31.0 Å². The molecule has 4 heteroatoms. The molecule has 0 aromatic heterocycles. The molecule has 1 aromatic rings. The number of nitrogens with one attached hydrogen (secondary N) is 1. The number of carbonyl (C=O) groups is 1. The molecule has 2 rings (SSSR count). The van der Waals surface area contributed by atoms with E-state index in [0.29, 0.717) is 13.2 Å². The van der Waals surface area contributed by atoms with Crippen LogP contribution in [-0.2, 0) is 9.53 Å². The summed E-state index contributed by atoms with van der Waals surface area (Å²) in [7, 11) is 0. The number of aryl methyl sites for hydroxylation is 1. The van der Waals surface area contributed by atoms with Crippen molar-refractivity contribution in [3.8, 4) is 0 Å². The lowest BCUT2D eigenvalue weighted by atomic mass is 10.0. The minimum Gasteiger partial charge on any atom is -0.465 e. The summed E-state index contributed by atoms with van der Waals surface area (Å²) >= 11 is 0. The van der Waals surface area contributed by atoms with Crippen LogP contribution in [0.15, 0.2) is 24.3 Å². The zero-order valence-corrected chi connectivity index (χ0v) is 12.6. The molecule has 0 amide bonds. The molecule has 1 aromatic carbocycles. The van der Waals surface area contributed by atoms with E-state index in [1.165, 1.54) is 11.1 Å². The molecule has 1 heterocycles. The monoisotopic (exact) mass is 276 g/mol. The molecule has 0 saturated carbocycles. The molecule has 4 nitrogen and oxygen atoms in total. The standard InChI is InChI=1S/C16H24N2O2/c1-4-20-16(19)15-11-17-9-10-18(15)13(3)14-7-5-12(2)6-8-14/h5-8,13,15,17H,4,9-11H2,1-3H3. The molecular formula is C16H24N2O2. The second-order valence-corrected chi connectivity index (χ2v) is 5.30. The highest BCUT2D eigenvalue weighted by Crippen LogP contribution is 2.24. The van der Waals surface area contributed by atoms with Gasteiger partial charge in [-0.25, -0.2) is 0 Å². The van der Waals surface area contributed by atoms with Crippen LogP contribution < -0.4 is 5.32 Å². The van der Waals surface area contributed by atoms with Crippen molar-refractivity contribution in [2.24, 2.45) is 0 Å². The summed E-state index contributed by atoms with van der Waals surface area (Å²) in [5, 5.41) is 3.28. The predicted molar refractivity (Wildman–Crippen MR) is 79.6 cm³/mol. The van der Waals surface area contributed by atoms with Gasteiger partial charge in [0, 0.05) is 25.7 Å². The van der Waals surface area contributed by atoms with E-state index in [9.17, 15) is 4.79 Å². The number of carbonyl (C=O) groups excluding carboxylic acids is 1. The van der Waals surface area contributed by atoms with Gasteiger partial charge in [-0.1, -0.05) is 29.8 Å². The Morgan fingerprint density at radius 2 is 2.15 bits per heavy atom. The summed E-state index contributed by atoms with van der Waals surface area (Å²) in [5.41, 5.74) is 2.50. The van der Waals surface area contributed by atoms with Gasteiger partial charge < -0.3 is 10.1 Å². The van der Waals surface area contributed by atoms with E-state index in [1.54, 1.807) is 0 Å². The second kappa shape index (κ2) is 6.86. The molecule has 110 valence electrons. The number of hydrogen-bond acceptors (Lipinski definition) is 4. The molecule has 1 aliphatic rings. The SMILES string of the molecule is CCOC(=O)C1CNCCN1C(C)c1ccc(C)cc1. The summed E-state index contributed by atoms with van der Waals surface area (Å²) < 4.78 is 5.20. The van der Waals surface area contributed by atoms with Crippen LogP contribution in [0, 0.1) is 6.92 Å². The Labute approximate surface area is 121 Å². The first-order chi connectivity index (χ1) is 9.63. The maximum absolute atomic E-state index is 12.1. The number of ether oxygens (including phenoxy) is 1. The number of nitrogens with zero attached hydrogens (tertiary/aromatic N) is 1. The average molecular weight is 276 g/mol. The predicted octanol–water partition coefficient (Wildman–Crippen LogP) is 1.89. The lowest BCUT2D eigenvalue weighted by Gasteiger charge is -2.38. The molecule has 2 unspecified atom stereocenters. The summed E-state index contributed by atoms with van der Waals surface area (Å²) in [6.07, 6.45) is 0. The minimum absolute atomic E-state index is 0.126. The van der Waals surface area contributed by atoms with Crippen LogP contribution in [0.25, 0.3) is 0 Å². The van der Waals surface area contributed by atoms with Crippen molar-refractivity contribution >= 4 is 5.97 Å². The van der Waals surface area contributed by atoms with Crippen LogP contribution >= 0.6 is 0 Å². The summed E-state index contributed by atoms with van der Waals surface area (Å²) in [4.78, 5) is 14.3. The van der Waals surface area contributed by atoms with Gasteiger partial charge in [-0.15, -0.1) is 0 Å². The first-order valence-electron chi connectivity index (χ1n) is 7.33. The Kier molecular flexibility index (Phi) is 5.15. The summed E-state index contributed by atoms with van der Waals surface area (Å²) in [5.74, 6) is -0.126. The molecule has 0 spiro atoms. The van der Waals surface area contributed by atoms with E-state index in [1.807, 2.05) is 6.92 Å². The fourth-order valence-corrected chi connectivity index (χ4v) is 2.68. The Hall–Kier alpha value is -1.39. The van der Waals surface area contributed by atoms with Gasteiger partial charge in [-0.05, 0) is 26.3 Å². The van der Waals surface area contributed by atoms with Crippen LogP contribution in [0.2, 0.25) is 0 Å². The first-order valence-corrected chi connectivity index (χ1v) is 7.33. The smallest absolute Gasteiger partial charge is 0.324 e. The van der Waals surface area contributed by atoms with Crippen molar-refractivity contribution < 1.29 is 9.53 Å². The van der Waals surface area contributed by atoms with E-state index < -0.39 is 0 Å². The Bertz CT molecular complexity index is 444. The topological polar surface area (TPSA) is 41.6 Å². The summed E-state index contributed by atoms with van der Waals surface area (Å²) in [6, 6.07) is 8.54. The van der Waals surface area contributed by atoms with E-state index in [4.69, 9.17) is 4.74 Å². The van der Waals surface area contributed by atoms with Gasteiger partial charge in [-0.3, -0.25) is 9.69 Å². The number of piperazine rings is 1. The number of benzene rings is 1. The normalized spacial score (nSPS) is 21.4. The van der Waals surface area contributed by atoms with Crippen molar-refractivity contribution in [3.05, 3.63) is 35.4 Å². The Morgan fingerprint density at radius 3 is 2.80 bits per heavy atom. The molecule has 20 heavy (non-hydrogen) atoms. The van der Waals surface area contributed by atoms with Crippen LogP contribution in [0.4, 0.5) is 0 Å². The Morgan fingerprint density at radius 1 is 1.45 bits per heavy atom. The first kappa shape index (κ1) is 15.0. The van der Waals surface area contributed by atoms with E-state index >= 15 is 0 Å². The van der Waals surface area contributed by atoms with Crippen molar-refractivity contribution in [3.63, 3.8) is 0 Å². The molecule has 1 saturated heterocycles. The minimum atomic E-state index is -0.194. The maximum Gasteiger partial charge on any atom is 0.324 e. The highest BCUT2D eigenvalue weighted by Gasteiger charge is 2.33. The zero-order chi connectivity index (χ0) is 14.5. The van der Waals surface area contributed by atoms with Crippen molar-refractivity contribution in [2.45, 2.75) is 32.9 Å². The van der Waals surface area contributed by atoms with E-state index in [-0.39, 0.29) is 18.1 Å². The van der Waals surface area contributed by atoms with Crippen molar-refractivity contribution in [1.29, 1.82) is 0 Å². The average Bonchev–Trinajstić information content (AvgIpc) is 2.47. The molecule has 1 fully saturated rings. The Balaban J connectivity index is 2.14. The van der Waals surface area contributed by atoms with Crippen LogP contribution in [0.5, 0.6) is 0 Å². The van der Waals surface area contributed by atoms with Gasteiger partial charge in [0.25, 0.3) is 0 Å². The second-order valence-electron chi connectivity index (χ2n) is 5.30. The fourth-order valence-electron chi connectivity index (χ4n) is 2.68. The molecule has 2 atom stereocenters. The third kappa shape index (κ3) is 3.38. The van der Waals surface area contributed by atoms with E-state index in [0.717, 1.165) is 13.1 Å². The highest BCUT2D eigenvalue weighted by atomic mass is 16.5. The van der Waals surface area contributed by atoms with Gasteiger partial charge in [0.2, 0.25) is 0 Å². The van der Waals surface area contributed by atoms with Crippen LogP contribution in [0.3, 0.4) is 0 Å². The van der Waals surface area contributed by atoms with Gasteiger partial charge in [-0.2, -0.15) is 0 Å². The van der Waals surface area contributed by atoms with Crippen molar-refractivity contribution in [1.82, 2.24) is 10.2 Å². The van der Waals surface area contributed by atoms with Gasteiger partial charge in [0.1, 0.15) is 6.04 Å². The zero-order valence-electron chi connectivity index (χ0n) is 12.6. The lowest BCUT2D eigenvalue weighted by molar-refractivity contribution is -0.151. The quantitative estimate of drug-likeness (QED) is 0.853. The lowest BCUT2D eigenvalue weighted by Crippen LogP contribution is -2.55. The van der Waals surface area contributed by atoms with Gasteiger partial charge in [0.05, 0.1) is 6.61 Å². The third-order valence-electron chi connectivity index (χ3n) is 3.90. The highest BCUT2D eigenvalue weighted by molar-refractivity contribution is 5.76. The third-order valence-corrected chi connectivity index (χ3v) is 3.90. The van der Waals surface area contributed by atoms with Crippen molar-refractivity contribution in [2.75, 3.05) is 26.2 Å². The van der Waals surface area contributed by atoms with E-state index in [2.05, 4.69) is 48.3 Å². The largest absolute Gasteiger partial charge is 0.465 e. The number of rotatable bonds is 4. The number of esters is 1.